The molecule has 3 aromatic heterocycles. The van der Waals surface area contributed by atoms with Crippen LogP contribution in [0, 0.1) is 12.8 Å². The van der Waals surface area contributed by atoms with Gasteiger partial charge in [0.25, 0.3) is 11.8 Å². The zero-order valence-corrected chi connectivity index (χ0v) is 20.8. The smallest absolute Gasteiger partial charge is 0.256 e. The molecule has 2 amide bonds. The number of primary amides is 1. The number of ether oxygens (including phenoxy) is 1. The maximum absolute atomic E-state index is 12.9. The van der Waals surface area contributed by atoms with Crippen LogP contribution in [0.1, 0.15) is 52.6 Å². The van der Waals surface area contributed by atoms with Crippen molar-refractivity contribution in [3.8, 4) is 11.6 Å². The highest BCUT2D eigenvalue weighted by Crippen LogP contribution is 2.35. The van der Waals surface area contributed by atoms with E-state index in [1.807, 2.05) is 38.1 Å². The number of halogens is 1. The van der Waals surface area contributed by atoms with E-state index >= 15 is 0 Å². The Morgan fingerprint density at radius 2 is 1.97 bits per heavy atom. The fraction of sp³-hybridized carbons (Fsp3) is 0.308. The van der Waals surface area contributed by atoms with Crippen LogP contribution in [-0.4, -0.2) is 43.4 Å². The van der Waals surface area contributed by atoms with Gasteiger partial charge in [-0.25, -0.2) is 9.20 Å². The number of fused-ring (bicyclic) bond motifs is 1. The van der Waals surface area contributed by atoms with E-state index in [4.69, 9.17) is 22.1 Å². The van der Waals surface area contributed by atoms with Crippen LogP contribution in [0.15, 0.2) is 54.9 Å². The highest BCUT2D eigenvalue weighted by atomic mass is 35.5. The van der Waals surface area contributed by atoms with Gasteiger partial charge < -0.3 is 15.8 Å². The van der Waals surface area contributed by atoms with Crippen molar-refractivity contribution in [2.75, 3.05) is 0 Å². The number of nitrogens with zero attached hydrogens (tertiary/aromatic N) is 4. The number of nitrogens with two attached hydrogens (primary N) is 1. The molecule has 1 aliphatic carbocycles. The van der Waals surface area contributed by atoms with Crippen molar-refractivity contribution < 1.29 is 14.3 Å². The zero-order chi connectivity index (χ0) is 25.4. The molecular weight excluding hydrogens is 480 g/mol. The van der Waals surface area contributed by atoms with Crippen LogP contribution in [0.25, 0.3) is 11.2 Å². The largest absolute Gasteiger partial charge is 0.473 e. The molecule has 3 heterocycles. The monoisotopic (exact) mass is 506 g/mol. The van der Waals surface area contributed by atoms with Crippen molar-refractivity contribution in [3.05, 3.63) is 76.7 Å². The molecule has 1 atom stereocenters. The zero-order valence-electron chi connectivity index (χ0n) is 20.0. The van der Waals surface area contributed by atoms with E-state index < -0.39 is 5.91 Å². The lowest BCUT2D eigenvalue weighted by molar-refractivity contribution is 0.0507. The molecule has 36 heavy (non-hydrogen) atoms. The molecule has 0 saturated heterocycles. The van der Waals surface area contributed by atoms with Crippen LogP contribution < -0.4 is 15.8 Å². The first-order chi connectivity index (χ1) is 17.3. The minimum absolute atomic E-state index is 0.0156. The Bertz CT molecular complexity index is 1420. The first kappa shape index (κ1) is 23.9. The molecule has 0 aliphatic heterocycles. The van der Waals surface area contributed by atoms with Crippen molar-refractivity contribution in [3.63, 3.8) is 0 Å². The summed E-state index contributed by atoms with van der Waals surface area (Å²) in [6, 6.07) is 12.7. The molecule has 0 radical (unpaired) electrons. The van der Waals surface area contributed by atoms with Crippen molar-refractivity contribution in [1.82, 2.24) is 24.7 Å². The summed E-state index contributed by atoms with van der Waals surface area (Å²) in [5.41, 5.74) is 8.64. The van der Waals surface area contributed by atoms with Crippen LogP contribution in [0.2, 0.25) is 5.02 Å². The van der Waals surface area contributed by atoms with Gasteiger partial charge in [-0.15, -0.1) is 5.10 Å². The SMILES string of the molecule is Cc1c(C(=O)N[C@@H](C)CC2CC(Oc3nn4ccccc4c3C(N)=O)C2)cnn1-c1ccc(Cl)cc1. The highest BCUT2D eigenvalue weighted by molar-refractivity contribution is 6.30. The number of carbonyl (C=O) groups is 2. The fourth-order valence-electron chi connectivity index (χ4n) is 4.75. The summed E-state index contributed by atoms with van der Waals surface area (Å²) in [5, 5.41) is 12.5. The molecule has 1 aliphatic rings. The molecule has 3 N–H and O–H groups in total. The van der Waals surface area contributed by atoms with Gasteiger partial charge in [0.05, 0.1) is 28.7 Å². The van der Waals surface area contributed by atoms with E-state index in [9.17, 15) is 9.59 Å². The third-order valence-corrected chi connectivity index (χ3v) is 6.87. The van der Waals surface area contributed by atoms with E-state index in [1.165, 1.54) is 0 Å². The van der Waals surface area contributed by atoms with Crippen LogP contribution in [-0.2, 0) is 0 Å². The molecule has 0 unspecified atom stereocenters. The minimum Gasteiger partial charge on any atom is -0.473 e. The first-order valence-corrected chi connectivity index (χ1v) is 12.2. The lowest BCUT2D eigenvalue weighted by Gasteiger charge is -2.36. The number of hydrogen-bond acceptors (Lipinski definition) is 5. The van der Waals surface area contributed by atoms with Crippen LogP contribution >= 0.6 is 11.6 Å². The number of aromatic nitrogens is 4. The molecule has 1 aromatic carbocycles. The molecule has 0 spiro atoms. The predicted octanol–water partition coefficient (Wildman–Crippen LogP) is 3.95. The summed E-state index contributed by atoms with van der Waals surface area (Å²) in [5.74, 6) is -0.0415. The van der Waals surface area contributed by atoms with Crippen LogP contribution in [0.4, 0.5) is 0 Å². The fourth-order valence-corrected chi connectivity index (χ4v) is 4.87. The van der Waals surface area contributed by atoms with Crippen molar-refractivity contribution in [2.45, 2.75) is 45.3 Å². The molecule has 186 valence electrons. The Morgan fingerprint density at radius 3 is 2.69 bits per heavy atom. The Hall–Kier alpha value is -3.85. The summed E-state index contributed by atoms with van der Waals surface area (Å²) in [7, 11) is 0. The molecule has 1 saturated carbocycles. The van der Waals surface area contributed by atoms with E-state index in [-0.39, 0.29) is 23.9 Å². The summed E-state index contributed by atoms with van der Waals surface area (Å²) in [6.07, 6.45) is 5.76. The van der Waals surface area contributed by atoms with Crippen molar-refractivity contribution >= 4 is 28.9 Å². The number of benzene rings is 1. The van der Waals surface area contributed by atoms with Gasteiger partial charge in [0.15, 0.2) is 0 Å². The number of amides is 2. The summed E-state index contributed by atoms with van der Waals surface area (Å²) >= 11 is 5.97. The molecule has 5 rings (SSSR count). The lowest BCUT2D eigenvalue weighted by Crippen LogP contribution is -2.40. The number of pyridine rings is 1. The van der Waals surface area contributed by atoms with E-state index in [1.54, 1.807) is 39.8 Å². The summed E-state index contributed by atoms with van der Waals surface area (Å²) in [4.78, 5) is 24.9. The molecule has 4 aromatic rings. The van der Waals surface area contributed by atoms with Gasteiger partial charge in [0, 0.05) is 17.3 Å². The molecular formula is C26H27ClN6O3. The second kappa shape index (κ2) is 9.66. The van der Waals surface area contributed by atoms with Gasteiger partial charge in [0.2, 0.25) is 5.88 Å². The number of carbonyl (C=O) groups excluding carboxylic acids is 2. The maximum Gasteiger partial charge on any atom is 0.256 e. The predicted molar refractivity (Wildman–Crippen MR) is 136 cm³/mol. The minimum atomic E-state index is -0.562. The quantitative estimate of drug-likeness (QED) is 0.375. The van der Waals surface area contributed by atoms with E-state index in [2.05, 4.69) is 15.5 Å². The molecule has 10 heteroatoms. The first-order valence-electron chi connectivity index (χ1n) is 11.9. The van der Waals surface area contributed by atoms with Gasteiger partial charge in [-0.3, -0.25) is 9.59 Å². The van der Waals surface area contributed by atoms with Gasteiger partial charge in [-0.05, 0) is 75.4 Å². The van der Waals surface area contributed by atoms with Crippen LogP contribution in [0.3, 0.4) is 0 Å². The average Bonchev–Trinajstić information content (AvgIpc) is 3.38. The Labute approximate surface area is 213 Å². The Balaban J connectivity index is 1.15. The topological polar surface area (TPSA) is 117 Å². The summed E-state index contributed by atoms with van der Waals surface area (Å²) in [6.45, 7) is 3.87. The molecule has 9 nitrogen and oxygen atoms in total. The number of hydrogen-bond donors (Lipinski definition) is 2. The number of nitrogens with one attached hydrogen (secondary N) is 1. The van der Waals surface area contributed by atoms with Gasteiger partial charge >= 0.3 is 0 Å². The summed E-state index contributed by atoms with van der Waals surface area (Å²) < 4.78 is 9.34. The Kier molecular flexibility index (Phi) is 6.40. The van der Waals surface area contributed by atoms with Gasteiger partial charge in [0.1, 0.15) is 11.7 Å². The van der Waals surface area contributed by atoms with Gasteiger partial charge in [-0.2, -0.15) is 5.10 Å². The van der Waals surface area contributed by atoms with Gasteiger partial charge in [-0.1, -0.05) is 17.7 Å². The third-order valence-electron chi connectivity index (χ3n) is 6.62. The second-order valence-corrected chi connectivity index (χ2v) is 9.73. The van der Waals surface area contributed by atoms with Crippen molar-refractivity contribution in [2.24, 2.45) is 11.7 Å². The Morgan fingerprint density at radius 1 is 1.22 bits per heavy atom. The standard InChI is InChI=1S/C26H27ClN6O3/c1-15(30-25(35)21-14-29-33(16(21)2)19-8-6-18(27)7-9-19)11-17-12-20(13-17)36-26-23(24(28)34)22-5-3-4-10-32(22)31-26/h3-10,14-15,17,20H,11-13H2,1-2H3,(H2,28,34)(H,30,35)/t15-,17?,20?/m0/s1. The van der Waals surface area contributed by atoms with E-state index in [0.29, 0.717) is 27.6 Å². The molecule has 1 fully saturated rings. The third kappa shape index (κ3) is 4.66. The van der Waals surface area contributed by atoms with Crippen molar-refractivity contribution in [1.29, 1.82) is 0 Å². The highest BCUT2D eigenvalue weighted by Gasteiger charge is 2.34. The second-order valence-electron chi connectivity index (χ2n) is 9.29. The van der Waals surface area contributed by atoms with Crippen LogP contribution in [0.5, 0.6) is 5.88 Å². The number of rotatable bonds is 8. The molecule has 0 bridgehead atoms. The normalized spacial score (nSPS) is 18.0. The van der Waals surface area contributed by atoms with E-state index in [0.717, 1.165) is 30.6 Å². The average molecular weight is 507 g/mol. The lowest BCUT2D eigenvalue weighted by atomic mass is 9.78. The maximum atomic E-state index is 12.9.